The van der Waals surface area contributed by atoms with E-state index in [1.54, 1.807) is 0 Å². The summed E-state index contributed by atoms with van der Waals surface area (Å²) >= 11 is 6.02. The summed E-state index contributed by atoms with van der Waals surface area (Å²) in [7, 11) is 0. The molecule has 0 aliphatic carbocycles. The minimum Gasteiger partial charge on any atom is -0.464 e. The molecule has 0 saturated heterocycles. The van der Waals surface area contributed by atoms with E-state index in [2.05, 4.69) is 13.8 Å². The van der Waals surface area contributed by atoms with E-state index in [-0.39, 0.29) is 25.2 Å². The molecule has 0 rings (SSSR count). The highest BCUT2D eigenvalue weighted by molar-refractivity contribution is 6.21. The van der Waals surface area contributed by atoms with Crippen molar-refractivity contribution in [3.63, 3.8) is 0 Å². The molecule has 0 unspecified atom stereocenters. The molecule has 24 heavy (non-hydrogen) atoms. The predicted octanol–water partition coefficient (Wildman–Crippen LogP) is 5.40. The van der Waals surface area contributed by atoms with Crippen LogP contribution in [0.15, 0.2) is 0 Å². The monoisotopic (exact) mass is 362 g/mol. The molecule has 0 aromatic carbocycles. The van der Waals surface area contributed by atoms with Gasteiger partial charge in [0.25, 0.3) is 0 Å². The second-order valence-electron chi connectivity index (χ2n) is 6.29. The Morgan fingerprint density at radius 1 is 0.708 bits per heavy atom. The Hall–Kier alpha value is -0.770. The zero-order chi connectivity index (χ0) is 18.0. The van der Waals surface area contributed by atoms with Gasteiger partial charge in [0.15, 0.2) is 0 Å². The highest BCUT2D eigenvalue weighted by Crippen LogP contribution is 2.08. The lowest BCUT2D eigenvalue weighted by molar-refractivity contribution is -0.146. The van der Waals surface area contributed by atoms with E-state index < -0.39 is 5.38 Å². The van der Waals surface area contributed by atoms with Gasteiger partial charge in [-0.3, -0.25) is 9.59 Å². The zero-order valence-electron chi connectivity index (χ0n) is 15.5. The summed E-state index contributed by atoms with van der Waals surface area (Å²) in [5, 5.41) is -0.474. The Bertz CT molecular complexity index is 290. The van der Waals surface area contributed by atoms with E-state index in [9.17, 15) is 9.59 Å². The van der Waals surface area contributed by atoms with Crippen LogP contribution in [0.25, 0.3) is 0 Å². The summed E-state index contributed by atoms with van der Waals surface area (Å²) < 4.78 is 10.2. The molecule has 4 nitrogen and oxygen atoms in total. The molecule has 0 radical (unpaired) electrons. The number of ether oxygens (including phenoxy) is 2. The fourth-order valence-electron chi connectivity index (χ4n) is 2.30. The summed E-state index contributed by atoms with van der Waals surface area (Å²) in [6.45, 7) is 4.51. The van der Waals surface area contributed by atoms with Crippen molar-refractivity contribution in [1.82, 2.24) is 0 Å². The highest BCUT2D eigenvalue weighted by atomic mass is 35.5. The topological polar surface area (TPSA) is 52.6 Å². The van der Waals surface area contributed by atoms with Crippen LogP contribution >= 0.6 is 11.6 Å². The van der Waals surface area contributed by atoms with Crippen LogP contribution in [0.5, 0.6) is 0 Å². The van der Waals surface area contributed by atoms with Crippen LogP contribution in [-0.2, 0) is 19.1 Å². The molecule has 0 aromatic rings. The van der Waals surface area contributed by atoms with E-state index in [1.165, 1.54) is 25.7 Å². The quantitative estimate of drug-likeness (QED) is 0.209. The van der Waals surface area contributed by atoms with Crippen molar-refractivity contribution in [2.24, 2.45) is 0 Å². The fourth-order valence-corrected chi connectivity index (χ4v) is 2.43. The largest absolute Gasteiger partial charge is 0.464 e. The summed E-state index contributed by atoms with van der Waals surface area (Å²) in [4.78, 5) is 23.1. The van der Waals surface area contributed by atoms with Crippen LogP contribution in [0.4, 0.5) is 0 Å². The van der Waals surface area contributed by atoms with Crippen molar-refractivity contribution in [1.29, 1.82) is 0 Å². The molecule has 0 atom stereocenters. The molecule has 0 fully saturated rings. The molecular formula is C19H35ClO4. The molecule has 0 N–H and O–H groups in total. The summed E-state index contributed by atoms with van der Waals surface area (Å²) in [5.41, 5.74) is 0. The van der Waals surface area contributed by atoms with Crippen molar-refractivity contribution < 1.29 is 19.1 Å². The van der Waals surface area contributed by atoms with Crippen LogP contribution in [0.2, 0.25) is 0 Å². The maximum absolute atomic E-state index is 11.6. The number of carbonyl (C=O) groups is 2. The smallest absolute Gasteiger partial charge is 0.305 e. The van der Waals surface area contributed by atoms with Gasteiger partial charge in [0.2, 0.25) is 0 Å². The van der Waals surface area contributed by atoms with E-state index in [0.29, 0.717) is 12.8 Å². The Balaban J connectivity index is 3.51. The number of esters is 2. The average Bonchev–Trinajstić information content (AvgIpc) is 2.57. The lowest BCUT2D eigenvalue weighted by Gasteiger charge is -2.11. The SMILES string of the molecule is CCCCCCCC(=O)OCC(Cl)COC(=O)CCCCCCC. The van der Waals surface area contributed by atoms with E-state index in [1.807, 2.05) is 0 Å². The van der Waals surface area contributed by atoms with Crippen LogP contribution in [0, 0.1) is 0 Å². The first-order chi connectivity index (χ1) is 11.6. The van der Waals surface area contributed by atoms with Crippen LogP contribution in [0.1, 0.15) is 90.9 Å². The summed E-state index contributed by atoms with van der Waals surface area (Å²) in [6, 6.07) is 0. The van der Waals surface area contributed by atoms with Crippen molar-refractivity contribution in [2.45, 2.75) is 96.3 Å². The first kappa shape index (κ1) is 23.2. The van der Waals surface area contributed by atoms with Gasteiger partial charge in [-0.2, -0.15) is 0 Å². The molecular weight excluding hydrogens is 328 g/mol. The Morgan fingerprint density at radius 3 is 1.46 bits per heavy atom. The second-order valence-corrected chi connectivity index (χ2v) is 6.91. The number of hydrogen-bond acceptors (Lipinski definition) is 4. The first-order valence-electron chi connectivity index (χ1n) is 9.55. The van der Waals surface area contributed by atoms with Crippen LogP contribution in [-0.4, -0.2) is 30.5 Å². The number of carbonyl (C=O) groups excluding carboxylic acids is 2. The molecule has 0 bridgehead atoms. The minimum absolute atomic E-state index is 0.0964. The maximum Gasteiger partial charge on any atom is 0.305 e. The lowest BCUT2D eigenvalue weighted by atomic mass is 10.1. The molecule has 0 aliphatic rings. The molecule has 5 heteroatoms. The zero-order valence-corrected chi connectivity index (χ0v) is 16.2. The average molecular weight is 363 g/mol. The van der Waals surface area contributed by atoms with Crippen molar-refractivity contribution in [3.05, 3.63) is 0 Å². The standard InChI is InChI=1S/C19H35ClO4/c1-3-5-7-9-11-13-18(21)23-15-17(20)16-24-19(22)14-12-10-8-6-4-2/h17H,3-16H2,1-2H3. The van der Waals surface area contributed by atoms with Gasteiger partial charge >= 0.3 is 11.9 Å². The van der Waals surface area contributed by atoms with E-state index in [0.717, 1.165) is 38.5 Å². The van der Waals surface area contributed by atoms with Crippen LogP contribution < -0.4 is 0 Å². The fraction of sp³-hybridized carbons (Fsp3) is 0.895. The third kappa shape index (κ3) is 16.1. The molecule has 0 heterocycles. The van der Waals surface area contributed by atoms with Gasteiger partial charge < -0.3 is 9.47 Å². The molecule has 0 spiro atoms. The van der Waals surface area contributed by atoms with Gasteiger partial charge in [-0.05, 0) is 12.8 Å². The van der Waals surface area contributed by atoms with E-state index >= 15 is 0 Å². The molecule has 0 amide bonds. The molecule has 0 aliphatic heterocycles. The number of halogens is 1. The second kappa shape index (κ2) is 17.1. The third-order valence-electron chi connectivity index (χ3n) is 3.82. The van der Waals surface area contributed by atoms with Crippen molar-refractivity contribution in [2.75, 3.05) is 13.2 Å². The highest BCUT2D eigenvalue weighted by Gasteiger charge is 2.12. The van der Waals surface area contributed by atoms with Crippen molar-refractivity contribution >= 4 is 23.5 Å². The van der Waals surface area contributed by atoms with Crippen LogP contribution in [0.3, 0.4) is 0 Å². The van der Waals surface area contributed by atoms with Gasteiger partial charge in [-0.1, -0.05) is 65.2 Å². The first-order valence-corrected chi connectivity index (χ1v) is 9.99. The third-order valence-corrected chi connectivity index (χ3v) is 4.07. The van der Waals surface area contributed by atoms with Gasteiger partial charge in [0.05, 0.1) is 0 Å². The number of rotatable bonds is 16. The van der Waals surface area contributed by atoms with Gasteiger partial charge in [-0.25, -0.2) is 0 Å². The summed E-state index contributed by atoms with van der Waals surface area (Å²) in [6.07, 6.45) is 11.8. The molecule has 142 valence electrons. The summed E-state index contributed by atoms with van der Waals surface area (Å²) in [5.74, 6) is -0.446. The number of alkyl halides is 1. The lowest BCUT2D eigenvalue weighted by Crippen LogP contribution is -2.21. The predicted molar refractivity (Wildman–Crippen MR) is 98.3 cm³/mol. The van der Waals surface area contributed by atoms with Gasteiger partial charge in [0, 0.05) is 12.8 Å². The van der Waals surface area contributed by atoms with Gasteiger partial charge in [-0.15, -0.1) is 11.6 Å². The van der Waals surface area contributed by atoms with E-state index in [4.69, 9.17) is 21.1 Å². The molecule has 0 saturated carbocycles. The minimum atomic E-state index is -0.474. The maximum atomic E-state index is 11.6. The van der Waals surface area contributed by atoms with Gasteiger partial charge in [0.1, 0.15) is 18.6 Å². The molecule has 0 aromatic heterocycles. The number of unbranched alkanes of at least 4 members (excludes halogenated alkanes) is 8. The Morgan fingerprint density at radius 2 is 1.08 bits per heavy atom. The normalized spacial score (nSPS) is 10.8. The Labute approximate surface area is 152 Å². The van der Waals surface area contributed by atoms with Crippen molar-refractivity contribution in [3.8, 4) is 0 Å². The Kier molecular flexibility index (Phi) is 16.5. The number of hydrogen-bond donors (Lipinski definition) is 0.